The van der Waals surface area contributed by atoms with Crippen molar-refractivity contribution in [2.24, 2.45) is 5.92 Å². The second-order valence-corrected chi connectivity index (χ2v) is 18.0. The van der Waals surface area contributed by atoms with Gasteiger partial charge in [-0.25, -0.2) is 18.4 Å². The Hall–Kier alpha value is -4.34. The number of sulfonamides is 1. The van der Waals surface area contributed by atoms with Crippen molar-refractivity contribution in [2.45, 2.75) is 114 Å². The van der Waals surface area contributed by atoms with Gasteiger partial charge in [-0.05, 0) is 63.5 Å². The monoisotopic (exact) mass is 793 g/mol. The van der Waals surface area contributed by atoms with Crippen LogP contribution in [0.4, 0.5) is 0 Å². The number of aliphatic hydroxyl groups excluding tert-OH is 1. The topological polar surface area (TPSA) is 177 Å². The number of nitrogens with one attached hydrogen (secondary N) is 2. The number of unbranched alkanes of at least 4 members (excludes halogenated alkanes) is 3. The Balaban J connectivity index is 1.30. The van der Waals surface area contributed by atoms with E-state index in [1.165, 1.54) is 22.3 Å². The maximum absolute atomic E-state index is 14.2. The first-order valence-corrected chi connectivity index (χ1v) is 21.4. The lowest BCUT2D eigenvalue weighted by Crippen LogP contribution is -2.57. The van der Waals surface area contributed by atoms with Crippen LogP contribution in [-0.4, -0.2) is 88.8 Å². The fourth-order valence-electron chi connectivity index (χ4n) is 7.17. The second-order valence-electron chi connectivity index (χ2n) is 15.1. The van der Waals surface area contributed by atoms with Gasteiger partial charge in [-0.1, -0.05) is 38.8 Å². The number of nitrogens with zero attached hydrogens (tertiary/aromatic N) is 3. The fraction of sp³-hybridized carbons (Fsp3) is 0.525. The van der Waals surface area contributed by atoms with Gasteiger partial charge in [0.05, 0.1) is 30.1 Å². The molecule has 1 saturated heterocycles. The smallest absolute Gasteiger partial charge is 0.259 e. The fourth-order valence-corrected chi connectivity index (χ4v) is 9.47. The molecule has 3 N–H and O–H groups in total. The lowest BCUT2D eigenvalue weighted by Gasteiger charge is -2.28. The van der Waals surface area contributed by atoms with Crippen LogP contribution in [0, 0.1) is 12.8 Å². The molecule has 3 heterocycles. The van der Waals surface area contributed by atoms with E-state index in [2.05, 4.69) is 37.0 Å². The van der Waals surface area contributed by atoms with E-state index in [0.29, 0.717) is 52.4 Å². The first kappa shape index (κ1) is 40.3. The summed E-state index contributed by atoms with van der Waals surface area (Å²) in [6, 6.07) is 4.38. The number of carbonyl (C=O) groups excluding carboxylic acids is 3. The van der Waals surface area contributed by atoms with Crippen molar-refractivity contribution in [3.05, 3.63) is 60.1 Å². The second kappa shape index (κ2) is 16.4. The maximum atomic E-state index is 14.2. The number of hydrogen-bond donors (Lipinski definition) is 3. The molecule has 55 heavy (non-hydrogen) atoms. The van der Waals surface area contributed by atoms with E-state index in [0.717, 1.165) is 30.5 Å². The van der Waals surface area contributed by atoms with Crippen LogP contribution < -0.4 is 19.5 Å². The first-order valence-electron chi connectivity index (χ1n) is 18.9. The Morgan fingerprint density at radius 2 is 1.91 bits per heavy atom. The highest BCUT2D eigenvalue weighted by Gasteiger charge is 2.62. The number of hydrogen-bond acceptors (Lipinski definition) is 11. The van der Waals surface area contributed by atoms with Crippen molar-refractivity contribution in [1.29, 1.82) is 0 Å². The Labute approximate surface area is 326 Å². The highest BCUT2D eigenvalue weighted by Crippen LogP contribution is 2.46. The van der Waals surface area contributed by atoms with Gasteiger partial charge in [0.25, 0.3) is 11.8 Å². The largest absolute Gasteiger partial charge is 0.496 e. The summed E-state index contributed by atoms with van der Waals surface area (Å²) >= 11 is 1.48. The summed E-state index contributed by atoms with van der Waals surface area (Å²) in [6.45, 7) is 13.6. The van der Waals surface area contributed by atoms with Gasteiger partial charge < -0.3 is 24.8 Å². The number of thiazole rings is 1. The minimum absolute atomic E-state index is 0.0202. The molecular weight excluding hydrogens is 743 g/mol. The molecule has 1 aliphatic heterocycles. The summed E-state index contributed by atoms with van der Waals surface area (Å²) in [5.74, 6) is -1.25. The molecule has 3 fully saturated rings. The molecule has 3 aromatic rings. The zero-order valence-corrected chi connectivity index (χ0v) is 33.5. The Kier molecular flexibility index (Phi) is 12.0. The third kappa shape index (κ3) is 8.58. The van der Waals surface area contributed by atoms with Crippen LogP contribution in [0.15, 0.2) is 48.9 Å². The van der Waals surface area contributed by atoms with Gasteiger partial charge in [-0.3, -0.25) is 19.1 Å². The van der Waals surface area contributed by atoms with Gasteiger partial charge in [-0.2, -0.15) is 0 Å². The molecule has 6 rings (SSSR count). The molecule has 2 saturated carbocycles. The number of ether oxygens (including phenoxy) is 2. The van der Waals surface area contributed by atoms with Crippen LogP contribution in [-0.2, 0) is 24.4 Å². The van der Waals surface area contributed by atoms with Crippen molar-refractivity contribution in [1.82, 2.24) is 24.9 Å². The molecule has 1 unspecified atom stereocenters. The third-order valence-corrected chi connectivity index (χ3v) is 13.5. The SMILES string of the molecule is C=CCCCCCC(O)C(=O)N1C[C@H](Oc2cc(-c3nc(C(C)C)cs3)nc3c(C)c(OC)ccc23)C[C@H]1C(=O)N[C@]1(C(=O)NS(=O)(=O)C2CC2)C[C@H]1C=C. The molecule has 2 aromatic heterocycles. The molecule has 0 spiro atoms. The minimum Gasteiger partial charge on any atom is -0.496 e. The number of aliphatic hydroxyl groups is 1. The maximum Gasteiger partial charge on any atom is 0.259 e. The van der Waals surface area contributed by atoms with E-state index in [4.69, 9.17) is 19.4 Å². The van der Waals surface area contributed by atoms with Crippen LogP contribution in [0.1, 0.15) is 88.8 Å². The molecule has 2 aliphatic carbocycles. The van der Waals surface area contributed by atoms with E-state index in [1.807, 2.05) is 36.6 Å². The molecule has 3 aliphatic rings. The molecule has 1 aromatic carbocycles. The average Bonchev–Trinajstić information content (AvgIpc) is 4.04. The average molecular weight is 794 g/mol. The van der Waals surface area contributed by atoms with E-state index in [1.54, 1.807) is 7.11 Å². The summed E-state index contributed by atoms with van der Waals surface area (Å²) in [6.07, 6.45) is 5.75. The van der Waals surface area contributed by atoms with Gasteiger partial charge in [0.2, 0.25) is 15.9 Å². The Morgan fingerprint density at radius 3 is 2.55 bits per heavy atom. The van der Waals surface area contributed by atoms with Crippen LogP contribution in [0.2, 0.25) is 0 Å². The number of methoxy groups -OCH3 is 1. The molecule has 0 radical (unpaired) electrons. The number of aryl methyl sites for hydroxylation is 1. The molecule has 0 bridgehead atoms. The number of aromatic nitrogens is 2. The van der Waals surface area contributed by atoms with Crippen molar-refractivity contribution < 1.29 is 37.4 Å². The van der Waals surface area contributed by atoms with Crippen LogP contribution >= 0.6 is 11.3 Å². The van der Waals surface area contributed by atoms with Gasteiger partial charge >= 0.3 is 0 Å². The number of allylic oxidation sites excluding steroid dienone is 1. The van der Waals surface area contributed by atoms with Crippen molar-refractivity contribution in [3.8, 4) is 22.2 Å². The predicted molar refractivity (Wildman–Crippen MR) is 211 cm³/mol. The number of amides is 3. The summed E-state index contributed by atoms with van der Waals surface area (Å²) in [5, 5.41) is 16.7. The van der Waals surface area contributed by atoms with Gasteiger partial charge in [0.1, 0.15) is 46.0 Å². The Bertz CT molecular complexity index is 2080. The van der Waals surface area contributed by atoms with Crippen molar-refractivity contribution >= 4 is 50.0 Å². The summed E-state index contributed by atoms with van der Waals surface area (Å²) < 4.78 is 39.9. The number of rotatable bonds is 18. The van der Waals surface area contributed by atoms with E-state index in [-0.39, 0.29) is 31.7 Å². The minimum atomic E-state index is -3.89. The highest BCUT2D eigenvalue weighted by molar-refractivity contribution is 7.91. The zero-order valence-electron chi connectivity index (χ0n) is 31.9. The molecule has 5 atom stereocenters. The molecular formula is C40H51N5O8S2. The number of carbonyl (C=O) groups is 3. The summed E-state index contributed by atoms with van der Waals surface area (Å²) in [7, 11) is -2.29. The predicted octanol–water partition coefficient (Wildman–Crippen LogP) is 5.31. The standard InChI is InChI=1S/C40H51N5O8S2/c1-7-9-10-11-12-13-32(46)38(48)45-21-26(18-31(45)36(47)43-40(20-25(40)8-2)39(49)44-55(50,51)27-14-15-27)53-34-19-29(37-42-30(22-54-37)23(3)4)41-35-24(5)33(52-6)17-16-28(34)35/h7-8,16-17,19,22-23,25-27,31-32,46H,1-2,9-15,18,20-21H2,3-6H3,(H,43,47)(H,44,49)/t25-,26-,31+,32?,40-/m1/s1. The van der Waals surface area contributed by atoms with Gasteiger partial charge in [0.15, 0.2) is 0 Å². The van der Waals surface area contributed by atoms with Crippen molar-refractivity contribution in [3.63, 3.8) is 0 Å². The highest BCUT2D eigenvalue weighted by atomic mass is 32.2. The quantitative estimate of drug-likeness (QED) is 0.113. The Morgan fingerprint density at radius 1 is 1.15 bits per heavy atom. The third-order valence-electron chi connectivity index (χ3n) is 10.8. The molecule has 15 heteroatoms. The normalized spacial score (nSPS) is 22.7. The zero-order chi connectivity index (χ0) is 39.7. The van der Waals surface area contributed by atoms with Crippen LogP contribution in [0.25, 0.3) is 21.6 Å². The van der Waals surface area contributed by atoms with E-state index < -0.39 is 62.7 Å². The summed E-state index contributed by atoms with van der Waals surface area (Å²) in [5.41, 5.74) is 1.46. The van der Waals surface area contributed by atoms with Gasteiger partial charge in [0, 0.05) is 34.7 Å². The van der Waals surface area contributed by atoms with Crippen LogP contribution in [0.3, 0.4) is 0 Å². The number of fused-ring (bicyclic) bond motifs is 1. The van der Waals surface area contributed by atoms with Gasteiger partial charge in [-0.15, -0.1) is 24.5 Å². The summed E-state index contributed by atoms with van der Waals surface area (Å²) in [4.78, 5) is 52.7. The molecule has 3 amide bonds. The lowest BCUT2D eigenvalue weighted by molar-refractivity contribution is -0.146. The number of benzene rings is 1. The first-order chi connectivity index (χ1) is 26.2. The lowest BCUT2D eigenvalue weighted by atomic mass is 10.1. The molecule has 296 valence electrons. The van der Waals surface area contributed by atoms with E-state index in [9.17, 15) is 27.9 Å². The molecule has 13 nitrogen and oxygen atoms in total. The number of pyridine rings is 1. The van der Waals surface area contributed by atoms with E-state index >= 15 is 0 Å². The number of likely N-dealkylation sites (tertiary alicyclic amines) is 1. The van der Waals surface area contributed by atoms with Crippen LogP contribution in [0.5, 0.6) is 11.5 Å². The van der Waals surface area contributed by atoms with Crippen molar-refractivity contribution in [2.75, 3.05) is 13.7 Å².